The molecule has 0 amide bonds. The molecule has 114 valence electrons. The Morgan fingerprint density at radius 3 is 2.62 bits per heavy atom. The highest BCUT2D eigenvalue weighted by molar-refractivity contribution is 6.33. The Bertz CT molecular complexity index is 599. The molecule has 0 saturated heterocycles. The molecule has 0 unspecified atom stereocenters. The topological polar surface area (TPSA) is 48.3 Å². The molecule has 0 bridgehead atoms. The zero-order valence-electron chi connectivity index (χ0n) is 12.5. The molecule has 0 atom stereocenters. The van der Waals surface area contributed by atoms with E-state index in [1.165, 1.54) is 0 Å². The van der Waals surface area contributed by atoms with Gasteiger partial charge in [-0.2, -0.15) is 0 Å². The van der Waals surface area contributed by atoms with E-state index in [1.54, 1.807) is 20.3 Å². The number of rotatable bonds is 7. The van der Waals surface area contributed by atoms with Gasteiger partial charge in [0, 0.05) is 31.1 Å². The number of halogens is 1. The fourth-order valence-corrected chi connectivity index (χ4v) is 2.34. The molecule has 0 spiro atoms. The Balaban J connectivity index is 2.14. The van der Waals surface area contributed by atoms with E-state index in [0.29, 0.717) is 23.1 Å². The highest BCUT2D eigenvalue weighted by Crippen LogP contribution is 2.36. The molecular formula is C15H20ClN3O2. The molecular weight excluding hydrogens is 290 g/mol. The van der Waals surface area contributed by atoms with Gasteiger partial charge in [-0.05, 0) is 6.42 Å². The minimum atomic E-state index is 0.584. The molecule has 0 radical (unpaired) electrons. The maximum atomic E-state index is 6.25. The quantitative estimate of drug-likeness (QED) is 0.849. The number of hydrogen-bond donors (Lipinski definition) is 1. The van der Waals surface area contributed by atoms with Gasteiger partial charge in [0.25, 0.3) is 0 Å². The molecule has 1 heterocycles. The van der Waals surface area contributed by atoms with Crippen LogP contribution in [-0.4, -0.2) is 23.8 Å². The van der Waals surface area contributed by atoms with Gasteiger partial charge in [-0.25, -0.2) is 4.98 Å². The lowest BCUT2D eigenvalue weighted by molar-refractivity contribution is 0.355. The van der Waals surface area contributed by atoms with Gasteiger partial charge in [0.15, 0.2) is 11.5 Å². The maximum absolute atomic E-state index is 6.25. The number of nitrogens with zero attached hydrogens (tertiary/aromatic N) is 2. The molecule has 1 N–H and O–H groups in total. The van der Waals surface area contributed by atoms with Gasteiger partial charge >= 0.3 is 0 Å². The summed E-state index contributed by atoms with van der Waals surface area (Å²) < 4.78 is 12.6. The van der Waals surface area contributed by atoms with Crippen molar-refractivity contribution in [3.63, 3.8) is 0 Å². The Kier molecular flexibility index (Phi) is 5.33. The fourth-order valence-electron chi connectivity index (χ4n) is 2.12. The van der Waals surface area contributed by atoms with E-state index in [9.17, 15) is 0 Å². The average molecular weight is 310 g/mol. The summed E-state index contributed by atoms with van der Waals surface area (Å²) in [5.74, 6) is 2.23. The van der Waals surface area contributed by atoms with Crippen LogP contribution in [0.4, 0.5) is 5.69 Å². The number of aryl methyl sites for hydroxylation is 1. The summed E-state index contributed by atoms with van der Waals surface area (Å²) in [6, 6.07) is 3.56. The van der Waals surface area contributed by atoms with Gasteiger partial charge in [0.2, 0.25) is 0 Å². The minimum Gasteiger partial charge on any atom is -0.493 e. The van der Waals surface area contributed by atoms with Crippen LogP contribution in [0, 0.1) is 0 Å². The predicted octanol–water partition coefficient (Wildman–Crippen LogP) is 3.58. The van der Waals surface area contributed by atoms with E-state index in [1.807, 2.05) is 18.5 Å². The molecule has 1 aromatic carbocycles. The lowest BCUT2D eigenvalue weighted by Crippen LogP contribution is -2.08. The number of aromatic nitrogens is 2. The average Bonchev–Trinajstić information content (AvgIpc) is 2.93. The fraction of sp³-hybridized carbons (Fsp3) is 0.400. The summed E-state index contributed by atoms with van der Waals surface area (Å²) in [6.45, 7) is 3.70. The van der Waals surface area contributed by atoms with Crippen LogP contribution in [0.3, 0.4) is 0 Å². The molecule has 0 aliphatic rings. The van der Waals surface area contributed by atoms with E-state index in [4.69, 9.17) is 21.1 Å². The number of hydrogen-bond acceptors (Lipinski definition) is 4. The highest BCUT2D eigenvalue weighted by Gasteiger charge is 2.10. The Morgan fingerprint density at radius 2 is 1.95 bits per heavy atom. The lowest BCUT2D eigenvalue weighted by Gasteiger charge is -2.13. The zero-order chi connectivity index (χ0) is 15.2. The highest BCUT2D eigenvalue weighted by atomic mass is 35.5. The van der Waals surface area contributed by atoms with Gasteiger partial charge in [0.05, 0.1) is 31.5 Å². The van der Waals surface area contributed by atoms with E-state index in [2.05, 4.69) is 21.8 Å². The summed E-state index contributed by atoms with van der Waals surface area (Å²) in [7, 11) is 3.19. The van der Waals surface area contributed by atoms with Gasteiger partial charge in [-0.1, -0.05) is 18.5 Å². The number of anilines is 1. The normalized spacial score (nSPS) is 10.5. The van der Waals surface area contributed by atoms with Crippen LogP contribution in [0.15, 0.2) is 24.5 Å². The largest absolute Gasteiger partial charge is 0.493 e. The number of imidazole rings is 1. The van der Waals surface area contributed by atoms with Crippen molar-refractivity contribution < 1.29 is 9.47 Å². The predicted molar refractivity (Wildman–Crippen MR) is 84.4 cm³/mol. The SMILES string of the molecule is CCCn1ccnc1CNc1cc(OC)c(OC)cc1Cl. The third-order valence-corrected chi connectivity index (χ3v) is 3.49. The first kappa shape index (κ1) is 15.5. The van der Waals surface area contributed by atoms with E-state index in [-0.39, 0.29) is 0 Å². The number of ether oxygens (including phenoxy) is 2. The van der Waals surface area contributed by atoms with Gasteiger partial charge in [-0.3, -0.25) is 0 Å². The molecule has 1 aromatic heterocycles. The molecule has 2 aromatic rings. The van der Waals surface area contributed by atoms with Crippen LogP contribution in [0.1, 0.15) is 19.2 Å². The Morgan fingerprint density at radius 1 is 1.24 bits per heavy atom. The zero-order valence-corrected chi connectivity index (χ0v) is 13.3. The summed E-state index contributed by atoms with van der Waals surface area (Å²) >= 11 is 6.25. The van der Waals surface area contributed by atoms with Gasteiger partial charge < -0.3 is 19.4 Å². The maximum Gasteiger partial charge on any atom is 0.162 e. The smallest absolute Gasteiger partial charge is 0.162 e. The number of methoxy groups -OCH3 is 2. The van der Waals surface area contributed by atoms with Crippen LogP contribution in [-0.2, 0) is 13.1 Å². The van der Waals surface area contributed by atoms with Crippen molar-refractivity contribution in [2.75, 3.05) is 19.5 Å². The van der Waals surface area contributed by atoms with Crippen molar-refractivity contribution in [3.05, 3.63) is 35.4 Å². The van der Waals surface area contributed by atoms with Crippen LogP contribution >= 0.6 is 11.6 Å². The molecule has 0 fully saturated rings. The summed E-state index contributed by atoms with van der Waals surface area (Å²) in [6.07, 6.45) is 4.86. The first-order chi connectivity index (χ1) is 10.2. The molecule has 6 heteroatoms. The summed E-state index contributed by atoms with van der Waals surface area (Å²) in [5, 5.41) is 3.87. The molecule has 2 rings (SSSR count). The van der Waals surface area contributed by atoms with E-state index >= 15 is 0 Å². The van der Waals surface area contributed by atoms with Crippen molar-refractivity contribution in [1.82, 2.24) is 9.55 Å². The van der Waals surface area contributed by atoms with Gasteiger partial charge in [0.1, 0.15) is 5.82 Å². The Labute approximate surface area is 129 Å². The molecule has 0 aliphatic carbocycles. The van der Waals surface area contributed by atoms with Gasteiger partial charge in [-0.15, -0.1) is 0 Å². The Hall–Kier alpha value is -1.88. The monoisotopic (exact) mass is 309 g/mol. The van der Waals surface area contributed by atoms with Crippen LogP contribution in [0.25, 0.3) is 0 Å². The molecule has 0 aliphatic heterocycles. The summed E-state index contributed by atoms with van der Waals surface area (Å²) in [5.41, 5.74) is 0.792. The first-order valence-electron chi connectivity index (χ1n) is 6.85. The third kappa shape index (κ3) is 3.61. The van der Waals surface area contributed by atoms with Crippen molar-refractivity contribution >= 4 is 17.3 Å². The lowest BCUT2D eigenvalue weighted by atomic mass is 10.2. The first-order valence-corrected chi connectivity index (χ1v) is 7.22. The second-order valence-electron chi connectivity index (χ2n) is 4.58. The second kappa shape index (κ2) is 7.22. The molecule has 21 heavy (non-hydrogen) atoms. The third-order valence-electron chi connectivity index (χ3n) is 3.18. The van der Waals surface area contributed by atoms with Crippen LogP contribution in [0.5, 0.6) is 11.5 Å². The summed E-state index contributed by atoms with van der Waals surface area (Å²) in [4.78, 5) is 4.36. The van der Waals surface area contributed by atoms with Crippen molar-refractivity contribution in [2.24, 2.45) is 0 Å². The minimum absolute atomic E-state index is 0.584. The molecule has 5 nitrogen and oxygen atoms in total. The number of nitrogens with one attached hydrogen (secondary N) is 1. The molecule has 0 saturated carbocycles. The number of benzene rings is 1. The van der Waals surface area contributed by atoms with E-state index in [0.717, 1.165) is 24.5 Å². The van der Waals surface area contributed by atoms with E-state index < -0.39 is 0 Å². The standard InChI is InChI=1S/C15H20ClN3O2/c1-4-6-19-7-5-17-15(19)10-18-12-9-14(21-3)13(20-2)8-11(12)16/h5,7-9,18H,4,6,10H2,1-3H3. The van der Waals surface area contributed by atoms with Crippen LogP contribution < -0.4 is 14.8 Å². The van der Waals surface area contributed by atoms with Crippen LogP contribution in [0.2, 0.25) is 5.02 Å². The second-order valence-corrected chi connectivity index (χ2v) is 4.98. The van der Waals surface area contributed by atoms with Crippen molar-refractivity contribution in [1.29, 1.82) is 0 Å². The van der Waals surface area contributed by atoms with Crippen molar-refractivity contribution in [2.45, 2.75) is 26.4 Å². The van der Waals surface area contributed by atoms with Crippen molar-refractivity contribution in [3.8, 4) is 11.5 Å².